The maximum Gasteiger partial charge on any atom is 0.304 e. The number of carboxylic acids is 1. The third-order valence-corrected chi connectivity index (χ3v) is 3.48. The zero-order chi connectivity index (χ0) is 12.0. The van der Waals surface area contributed by atoms with Crippen LogP contribution in [-0.4, -0.2) is 23.2 Å². The van der Waals surface area contributed by atoms with Crippen LogP contribution in [0.4, 0.5) is 0 Å². The van der Waals surface area contributed by atoms with Crippen molar-refractivity contribution < 1.29 is 9.90 Å². The van der Waals surface area contributed by atoms with E-state index in [1.54, 1.807) is 11.3 Å². The second kappa shape index (κ2) is 6.66. The fourth-order valence-electron chi connectivity index (χ4n) is 1.59. The van der Waals surface area contributed by atoms with Gasteiger partial charge >= 0.3 is 5.97 Å². The second-order valence-corrected chi connectivity index (χ2v) is 5.09. The van der Waals surface area contributed by atoms with Crippen molar-refractivity contribution in [3.8, 4) is 0 Å². The Morgan fingerprint density at radius 1 is 1.62 bits per heavy atom. The van der Waals surface area contributed by atoms with Gasteiger partial charge in [-0.1, -0.05) is 13.0 Å². The van der Waals surface area contributed by atoms with Crippen molar-refractivity contribution in [2.45, 2.75) is 45.2 Å². The molecule has 16 heavy (non-hydrogen) atoms. The maximum absolute atomic E-state index is 10.8. The molecule has 0 spiro atoms. The van der Waals surface area contributed by atoms with Crippen LogP contribution in [0.5, 0.6) is 0 Å². The van der Waals surface area contributed by atoms with E-state index < -0.39 is 5.97 Å². The van der Waals surface area contributed by atoms with Crippen molar-refractivity contribution in [2.75, 3.05) is 0 Å². The Morgan fingerprint density at radius 2 is 2.38 bits per heavy atom. The zero-order valence-electron chi connectivity index (χ0n) is 9.77. The summed E-state index contributed by atoms with van der Waals surface area (Å²) in [5.74, 6) is -0.739. The Hall–Kier alpha value is -0.870. The van der Waals surface area contributed by atoms with Crippen LogP contribution in [0, 0.1) is 0 Å². The molecular formula is C12H19NO2S. The summed E-state index contributed by atoms with van der Waals surface area (Å²) in [7, 11) is 0. The molecule has 1 aromatic rings. The normalized spacial score (nSPS) is 14.6. The average Bonchev–Trinajstić information content (AvgIpc) is 2.69. The molecule has 0 aromatic carbocycles. The molecule has 0 fully saturated rings. The Bertz CT molecular complexity index is 311. The van der Waals surface area contributed by atoms with E-state index in [-0.39, 0.29) is 12.5 Å². The summed E-state index contributed by atoms with van der Waals surface area (Å²) in [6, 6.07) is 4.45. The lowest BCUT2D eigenvalue weighted by molar-refractivity contribution is -0.137. The van der Waals surface area contributed by atoms with Crippen LogP contribution in [0.1, 0.15) is 31.6 Å². The summed E-state index contributed by atoms with van der Waals surface area (Å²) in [5, 5.41) is 14.2. The van der Waals surface area contributed by atoms with Gasteiger partial charge in [-0.05, 0) is 31.2 Å². The van der Waals surface area contributed by atoms with Crippen molar-refractivity contribution in [1.82, 2.24) is 5.32 Å². The molecule has 2 atom stereocenters. The standard InChI is InChI=1S/C12H19NO2S/c1-3-9(2)13-10(8-12(14)15)7-11-5-4-6-16-11/h4-6,9-10,13H,3,7-8H2,1-2H3,(H,14,15). The van der Waals surface area contributed by atoms with E-state index in [2.05, 4.69) is 25.2 Å². The molecule has 90 valence electrons. The Kier molecular flexibility index (Phi) is 5.49. The number of rotatable bonds is 7. The Labute approximate surface area is 100 Å². The van der Waals surface area contributed by atoms with Crippen LogP contribution in [0.15, 0.2) is 17.5 Å². The van der Waals surface area contributed by atoms with Crippen LogP contribution in [0.3, 0.4) is 0 Å². The van der Waals surface area contributed by atoms with Crippen LogP contribution in [0.2, 0.25) is 0 Å². The molecule has 0 aliphatic rings. The highest BCUT2D eigenvalue weighted by atomic mass is 32.1. The lowest BCUT2D eigenvalue weighted by atomic mass is 10.1. The predicted molar refractivity (Wildman–Crippen MR) is 67.0 cm³/mol. The van der Waals surface area contributed by atoms with Crippen molar-refractivity contribution in [3.63, 3.8) is 0 Å². The van der Waals surface area contributed by atoms with Gasteiger partial charge in [0, 0.05) is 17.0 Å². The lowest BCUT2D eigenvalue weighted by Crippen LogP contribution is -2.39. The quantitative estimate of drug-likeness (QED) is 0.771. The lowest BCUT2D eigenvalue weighted by Gasteiger charge is -2.20. The van der Waals surface area contributed by atoms with E-state index in [1.165, 1.54) is 4.88 Å². The van der Waals surface area contributed by atoms with Crippen molar-refractivity contribution >= 4 is 17.3 Å². The molecule has 0 aliphatic carbocycles. The van der Waals surface area contributed by atoms with Crippen LogP contribution in [0.25, 0.3) is 0 Å². The third-order valence-electron chi connectivity index (χ3n) is 2.58. The predicted octanol–water partition coefficient (Wildman–Crippen LogP) is 2.52. The molecule has 2 N–H and O–H groups in total. The third kappa shape index (κ3) is 4.77. The monoisotopic (exact) mass is 241 g/mol. The number of carbonyl (C=O) groups is 1. The SMILES string of the molecule is CCC(C)NC(CC(=O)O)Cc1cccs1. The van der Waals surface area contributed by atoms with Gasteiger partial charge in [-0.3, -0.25) is 4.79 Å². The molecule has 1 heterocycles. The van der Waals surface area contributed by atoms with Gasteiger partial charge in [0.1, 0.15) is 0 Å². The summed E-state index contributed by atoms with van der Waals surface area (Å²) < 4.78 is 0. The van der Waals surface area contributed by atoms with E-state index >= 15 is 0 Å². The van der Waals surface area contributed by atoms with Crippen molar-refractivity contribution in [3.05, 3.63) is 22.4 Å². The number of carboxylic acid groups (broad SMARTS) is 1. The van der Waals surface area contributed by atoms with Gasteiger partial charge in [-0.25, -0.2) is 0 Å². The Morgan fingerprint density at radius 3 is 2.88 bits per heavy atom. The second-order valence-electron chi connectivity index (χ2n) is 4.05. The summed E-state index contributed by atoms with van der Waals surface area (Å²) in [6.07, 6.45) is 2.00. The van der Waals surface area contributed by atoms with Gasteiger partial charge < -0.3 is 10.4 Å². The number of nitrogens with one attached hydrogen (secondary N) is 1. The number of hydrogen-bond donors (Lipinski definition) is 2. The molecule has 0 aliphatic heterocycles. The van der Waals surface area contributed by atoms with Gasteiger partial charge in [0.15, 0.2) is 0 Å². The number of aliphatic carboxylic acids is 1. The van der Waals surface area contributed by atoms with Crippen LogP contribution >= 0.6 is 11.3 Å². The maximum atomic E-state index is 10.8. The van der Waals surface area contributed by atoms with E-state index in [1.807, 2.05) is 11.4 Å². The van der Waals surface area contributed by atoms with Crippen molar-refractivity contribution in [2.24, 2.45) is 0 Å². The van der Waals surface area contributed by atoms with Gasteiger partial charge in [-0.15, -0.1) is 11.3 Å². The van der Waals surface area contributed by atoms with Crippen molar-refractivity contribution in [1.29, 1.82) is 0 Å². The molecule has 1 aromatic heterocycles. The summed E-state index contributed by atoms with van der Waals surface area (Å²) in [4.78, 5) is 12.0. The molecule has 4 heteroatoms. The molecule has 3 nitrogen and oxygen atoms in total. The van der Waals surface area contributed by atoms with Gasteiger partial charge in [0.25, 0.3) is 0 Å². The minimum absolute atomic E-state index is 0.0334. The first kappa shape index (κ1) is 13.2. The summed E-state index contributed by atoms with van der Waals surface area (Å²) in [5.41, 5.74) is 0. The van der Waals surface area contributed by atoms with Crippen LogP contribution in [-0.2, 0) is 11.2 Å². The first-order valence-electron chi connectivity index (χ1n) is 5.62. The number of hydrogen-bond acceptors (Lipinski definition) is 3. The highest BCUT2D eigenvalue weighted by Gasteiger charge is 2.15. The molecular weight excluding hydrogens is 222 g/mol. The first-order valence-corrected chi connectivity index (χ1v) is 6.50. The van der Waals surface area contributed by atoms with Gasteiger partial charge in [-0.2, -0.15) is 0 Å². The highest BCUT2D eigenvalue weighted by molar-refractivity contribution is 7.09. The largest absolute Gasteiger partial charge is 0.481 e. The highest BCUT2D eigenvalue weighted by Crippen LogP contribution is 2.13. The summed E-state index contributed by atoms with van der Waals surface area (Å²) in [6.45, 7) is 4.18. The van der Waals surface area contributed by atoms with Gasteiger partial charge in [0.05, 0.1) is 6.42 Å². The smallest absolute Gasteiger partial charge is 0.304 e. The first-order chi connectivity index (χ1) is 7.61. The zero-order valence-corrected chi connectivity index (χ0v) is 10.6. The molecule has 0 saturated heterocycles. The number of thiophene rings is 1. The minimum atomic E-state index is -0.739. The Balaban J connectivity index is 2.53. The van der Waals surface area contributed by atoms with E-state index in [0.29, 0.717) is 6.04 Å². The molecule has 0 bridgehead atoms. The fraction of sp³-hybridized carbons (Fsp3) is 0.583. The van der Waals surface area contributed by atoms with E-state index in [0.717, 1.165) is 12.8 Å². The molecule has 0 radical (unpaired) electrons. The fourth-order valence-corrected chi connectivity index (χ4v) is 2.38. The molecule has 2 unspecified atom stereocenters. The van der Waals surface area contributed by atoms with Gasteiger partial charge in [0.2, 0.25) is 0 Å². The molecule has 1 rings (SSSR count). The van der Waals surface area contributed by atoms with Crippen LogP contribution < -0.4 is 5.32 Å². The molecule has 0 saturated carbocycles. The van der Waals surface area contributed by atoms with E-state index in [9.17, 15) is 4.79 Å². The topological polar surface area (TPSA) is 49.3 Å². The van der Waals surface area contributed by atoms with E-state index in [4.69, 9.17) is 5.11 Å². The summed E-state index contributed by atoms with van der Waals surface area (Å²) >= 11 is 1.68. The minimum Gasteiger partial charge on any atom is -0.481 e. The average molecular weight is 241 g/mol. The molecule has 0 amide bonds.